The second-order valence-corrected chi connectivity index (χ2v) is 8.51. The maximum absolute atomic E-state index is 14.2. The number of benzene rings is 2. The lowest BCUT2D eigenvalue weighted by Crippen LogP contribution is -2.14. The third-order valence-electron chi connectivity index (χ3n) is 5.48. The molecule has 0 fully saturated rings. The van der Waals surface area contributed by atoms with E-state index in [1.54, 1.807) is 12.1 Å². The average Bonchev–Trinajstić information content (AvgIpc) is 3.08. The Morgan fingerprint density at radius 3 is 2.62 bits per heavy atom. The molecule has 168 valence electrons. The van der Waals surface area contributed by atoms with Crippen molar-refractivity contribution in [2.75, 3.05) is 6.54 Å². The molecular formula is C23H22F2N2O4S. The molecule has 0 saturated heterocycles. The minimum Gasteiger partial charge on any atom is -0.454 e. The minimum atomic E-state index is -2.69. The van der Waals surface area contributed by atoms with Crippen molar-refractivity contribution in [2.24, 2.45) is 0 Å². The Kier molecular flexibility index (Phi) is 6.38. The van der Waals surface area contributed by atoms with Gasteiger partial charge in [-0.25, -0.2) is 21.9 Å². The summed E-state index contributed by atoms with van der Waals surface area (Å²) in [4.78, 5) is 15.8. The molecule has 0 amide bonds. The van der Waals surface area contributed by atoms with E-state index in [2.05, 4.69) is 9.71 Å². The maximum Gasteiger partial charge on any atom is 0.201 e. The number of thiol groups is 1. The third kappa shape index (κ3) is 4.58. The Morgan fingerprint density at radius 1 is 1.09 bits per heavy atom. The van der Waals surface area contributed by atoms with Gasteiger partial charge < -0.3 is 9.72 Å². The molecule has 0 spiro atoms. The van der Waals surface area contributed by atoms with Crippen LogP contribution in [0.25, 0.3) is 11.3 Å². The zero-order valence-electron chi connectivity index (χ0n) is 17.3. The van der Waals surface area contributed by atoms with Gasteiger partial charge >= 0.3 is 0 Å². The maximum atomic E-state index is 14.2. The van der Waals surface area contributed by atoms with Crippen molar-refractivity contribution < 1.29 is 26.7 Å². The lowest BCUT2D eigenvalue weighted by molar-refractivity contribution is 0.0972. The van der Waals surface area contributed by atoms with E-state index in [4.69, 9.17) is 4.74 Å². The molecule has 1 aliphatic rings. The van der Waals surface area contributed by atoms with Crippen LogP contribution in [-0.2, 0) is 23.7 Å². The lowest BCUT2D eigenvalue weighted by Gasteiger charge is -2.16. The first-order valence-corrected chi connectivity index (χ1v) is 11.4. The van der Waals surface area contributed by atoms with Crippen LogP contribution >= 0.6 is 0 Å². The number of halogens is 2. The van der Waals surface area contributed by atoms with E-state index in [1.165, 1.54) is 6.07 Å². The molecule has 4 rings (SSSR count). The summed E-state index contributed by atoms with van der Waals surface area (Å²) in [5.74, 6) is -1.24. The molecule has 2 aromatic carbocycles. The first-order valence-electron chi connectivity index (χ1n) is 10.2. The van der Waals surface area contributed by atoms with Crippen molar-refractivity contribution in [3.05, 3.63) is 70.4 Å². The standard InChI is InChI=1S/C23H22F2N2O4S/c1-13-22-16(3-2-4-19(22)28)23(27-13)17-11-14(9-10-26-32(29)30)5-7-20(17)31-21-8-6-15(24)12-18(21)25/h5-8,11-12,27,32H,2-4,9-10H2,1H3,(H,26,29,30). The Bertz CT molecular complexity index is 1260. The predicted octanol–water partition coefficient (Wildman–Crippen LogP) is 4.24. The summed E-state index contributed by atoms with van der Waals surface area (Å²) in [6.45, 7) is 2.07. The summed E-state index contributed by atoms with van der Waals surface area (Å²) < 4.78 is 57.3. The van der Waals surface area contributed by atoms with Crippen LogP contribution in [0, 0.1) is 18.6 Å². The minimum absolute atomic E-state index is 0.0814. The van der Waals surface area contributed by atoms with Gasteiger partial charge in [0, 0.05) is 35.9 Å². The van der Waals surface area contributed by atoms with Gasteiger partial charge in [-0.15, -0.1) is 0 Å². The molecule has 0 aliphatic heterocycles. The van der Waals surface area contributed by atoms with Gasteiger partial charge in [-0.05, 0) is 61.6 Å². The smallest absolute Gasteiger partial charge is 0.201 e. The molecule has 9 heteroatoms. The van der Waals surface area contributed by atoms with E-state index in [-0.39, 0.29) is 18.1 Å². The van der Waals surface area contributed by atoms with Crippen molar-refractivity contribution in [3.63, 3.8) is 0 Å². The Morgan fingerprint density at radius 2 is 1.88 bits per heavy atom. The number of ether oxygens (including phenoxy) is 1. The number of nitrogens with one attached hydrogen (secondary N) is 2. The number of hydrogen-bond donors (Lipinski definition) is 3. The number of rotatable bonds is 7. The van der Waals surface area contributed by atoms with E-state index < -0.39 is 22.5 Å². The van der Waals surface area contributed by atoms with Crippen molar-refractivity contribution in [1.82, 2.24) is 9.71 Å². The molecular weight excluding hydrogens is 438 g/mol. The van der Waals surface area contributed by atoms with Crippen molar-refractivity contribution in [2.45, 2.75) is 32.6 Å². The molecule has 6 nitrogen and oxygen atoms in total. The number of carbonyl (C=O) groups excluding carboxylic acids is 1. The van der Waals surface area contributed by atoms with E-state index in [0.717, 1.165) is 35.4 Å². The van der Waals surface area contributed by atoms with Gasteiger partial charge in [0.05, 0.1) is 5.69 Å². The number of aromatic amines is 1. The first-order chi connectivity index (χ1) is 15.3. The monoisotopic (exact) mass is 460 g/mol. The fraction of sp³-hybridized carbons (Fsp3) is 0.261. The Labute approximate surface area is 185 Å². The number of hydrogen-bond acceptors (Lipinski definition) is 4. The van der Waals surface area contributed by atoms with E-state index >= 15 is 0 Å². The van der Waals surface area contributed by atoms with Crippen LogP contribution in [0.2, 0.25) is 0 Å². The van der Waals surface area contributed by atoms with Gasteiger partial charge in [-0.1, -0.05) is 6.07 Å². The van der Waals surface area contributed by atoms with Gasteiger partial charge in [0.25, 0.3) is 0 Å². The summed E-state index contributed by atoms with van der Waals surface area (Å²) in [5, 5.41) is 0. The fourth-order valence-corrected chi connectivity index (χ4v) is 4.36. The number of H-pyrrole nitrogens is 1. The van der Waals surface area contributed by atoms with E-state index in [1.807, 2.05) is 13.0 Å². The zero-order chi connectivity index (χ0) is 22.8. The lowest BCUT2D eigenvalue weighted by atomic mass is 9.89. The quantitative estimate of drug-likeness (QED) is 0.460. The highest BCUT2D eigenvalue weighted by Crippen LogP contribution is 2.40. The molecule has 32 heavy (non-hydrogen) atoms. The SMILES string of the molecule is Cc1[nH]c(-c2cc(CCN[SH](=O)=O)ccc2Oc2ccc(F)cc2F)c2c1C(=O)CCC2. The molecule has 2 N–H and O–H groups in total. The van der Waals surface area contributed by atoms with Gasteiger partial charge in [-0.3, -0.25) is 4.79 Å². The number of carbonyl (C=O) groups is 1. The van der Waals surface area contributed by atoms with E-state index in [9.17, 15) is 22.0 Å². The summed E-state index contributed by atoms with van der Waals surface area (Å²) in [5.41, 5.74) is 4.50. The summed E-state index contributed by atoms with van der Waals surface area (Å²) in [7, 11) is -2.69. The highest BCUT2D eigenvalue weighted by Gasteiger charge is 2.26. The van der Waals surface area contributed by atoms with Crippen LogP contribution in [-0.4, -0.2) is 25.7 Å². The highest BCUT2D eigenvalue weighted by atomic mass is 32.2. The Hall–Kier alpha value is -3.04. The van der Waals surface area contributed by atoms with Crippen LogP contribution < -0.4 is 9.46 Å². The molecule has 3 aromatic rings. The highest BCUT2D eigenvalue weighted by molar-refractivity contribution is 7.70. The van der Waals surface area contributed by atoms with Gasteiger partial charge in [0.1, 0.15) is 11.6 Å². The second-order valence-electron chi connectivity index (χ2n) is 7.68. The van der Waals surface area contributed by atoms with Crippen LogP contribution in [0.3, 0.4) is 0 Å². The topological polar surface area (TPSA) is 88.3 Å². The molecule has 0 unspecified atom stereocenters. The fourth-order valence-electron chi connectivity index (χ4n) is 4.07. The van der Waals surface area contributed by atoms with Crippen LogP contribution in [0.5, 0.6) is 11.5 Å². The van der Waals surface area contributed by atoms with Crippen LogP contribution in [0.15, 0.2) is 36.4 Å². The van der Waals surface area contributed by atoms with E-state index in [0.29, 0.717) is 41.8 Å². The van der Waals surface area contributed by atoms with Crippen molar-refractivity contribution >= 4 is 16.7 Å². The molecule has 0 atom stereocenters. The van der Waals surface area contributed by atoms with Crippen LogP contribution in [0.4, 0.5) is 8.78 Å². The largest absolute Gasteiger partial charge is 0.454 e. The molecule has 0 radical (unpaired) electrons. The predicted molar refractivity (Wildman–Crippen MR) is 117 cm³/mol. The summed E-state index contributed by atoms with van der Waals surface area (Å²) in [6, 6.07) is 8.34. The summed E-state index contributed by atoms with van der Waals surface area (Å²) >= 11 is 0. The van der Waals surface area contributed by atoms with Gasteiger partial charge in [-0.2, -0.15) is 0 Å². The zero-order valence-corrected chi connectivity index (χ0v) is 18.2. The first kappa shape index (κ1) is 22.2. The molecule has 1 aliphatic carbocycles. The van der Waals surface area contributed by atoms with Crippen LogP contribution in [0.1, 0.15) is 40.0 Å². The molecule has 0 bridgehead atoms. The third-order valence-corrected chi connectivity index (χ3v) is 5.96. The molecule has 0 saturated carbocycles. The summed E-state index contributed by atoms with van der Waals surface area (Å²) in [6.07, 6.45) is 2.38. The molecule has 1 aromatic heterocycles. The number of ketones is 1. The van der Waals surface area contributed by atoms with Gasteiger partial charge in [0.2, 0.25) is 10.9 Å². The second kappa shape index (κ2) is 9.22. The Balaban J connectivity index is 1.79. The normalized spacial score (nSPS) is 13.4. The molecule has 1 heterocycles. The number of aryl methyl sites for hydroxylation is 1. The number of fused-ring (bicyclic) bond motifs is 1. The number of aromatic nitrogens is 1. The van der Waals surface area contributed by atoms with Crippen molar-refractivity contribution in [3.8, 4) is 22.8 Å². The average molecular weight is 461 g/mol. The van der Waals surface area contributed by atoms with Gasteiger partial charge in [0.15, 0.2) is 17.3 Å². The van der Waals surface area contributed by atoms with Crippen molar-refractivity contribution in [1.29, 1.82) is 0 Å². The number of Topliss-reactive ketones (excluding diaryl/α,β-unsaturated/α-hetero) is 1.